The van der Waals surface area contributed by atoms with Gasteiger partial charge in [0.05, 0.1) is 24.2 Å². The van der Waals surface area contributed by atoms with Crippen molar-refractivity contribution in [3.8, 4) is 0 Å². The average molecular weight is 198 g/mol. The molecule has 2 heterocycles. The van der Waals surface area contributed by atoms with Gasteiger partial charge in [-0.3, -0.25) is 4.79 Å². The minimum atomic E-state index is -0.355. The molecule has 2 saturated heterocycles. The number of carbonyl (C=O) groups is 1. The number of hydrogen-bond donors (Lipinski definition) is 0. The molecule has 0 aromatic rings. The molecule has 1 atom stereocenters. The van der Waals surface area contributed by atoms with E-state index in [0.717, 1.165) is 25.7 Å². The van der Waals surface area contributed by atoms with Crippen molar-refractivity contribution < 1.29 is 14.3 Å². The molecule has 3 rings (SSSR count). The Kier molecular flexibility index (Phi) is 2.11. The fraction of sp³-hybridized carbons (Fsp3) is 0.909. The Morgan fingerprint density at radius 2 is 1.93 bits per heavy atom. The SMILES string of the molecule is COC(=O)C12CCC(C)(CC1)OC2C. The number of fused-ring (bicyclic) bond motifs is 3. The van der Waals surface area contributed by atoms with E-state index >= 15 is 0 Å². The lowest BCUT2D eigenvalue weighted by Gasteiger charge is -2.53. The molecule has 0 spiro atoms. The molecule has 14 heavy (non-hydrogen) atoms. The lowest BCUT2D eigenvalue weighted by atomic mass is 9.63. The highest BCUT2D eigenvalue weighted by Crippen LogP contribution is 2.52. The summed E-state index contributed by atoms with van der Waals surface area (Å²) in [6, 6.07) is 0. The van der Waals surface area contributed by atoms with E-state index in [-0.39, 0.29) is 23.1 Å². The predicted octanol–water partition coefficient (Wildman–Crippen LogP) is 1.90. The van der Waals surface area contributed by atoms with Crippen LogP contribution in [0.5, 0.6) is 0 Å². The minimum Gasteiger partial charge on any atom is -0.469 e. The van der Waals surface area contributed by atoms with E-state index in [1.165, 1.54) is 7.11 Å². The molecule has 0 aromatic carbocycles. The molecule has 3 nitrogen and oxygen atoms in total. The van der Waals surface area contributed by atoms with Crippen LogP contribution in [0.2, 0.25) is 0 Å². The molecule has 3 heteroatoms. The molecule has 0 amide bonds. The standard InChI is InChI=1S/C11H18O3/c1-8-11(9(12)13-3)6-4-10(2,14-8)5-7-11/h8H,4-7H2,1-3H3. The van der Waals surface area contributed by atoms with E-state index in [1.807, 2.05) is 6.92 Å². The fourth-order valence-corrected chi connectivity index (χ4v) is 2.86. The summed E-state index contributed by atoms with van der Waals surface area (Å²) in [4.78, 5) is 11.8. The van der Waals surface area contributed by atoms with Gasteiger partial charge in [-0.2, -0.15) is 0 Å². The zero-order chi connectivity index (χ0) is 10.4. The zero-order valence-corrected chi connectivity index (χ0v) is 9.13. The van der Waals surface area contributed by atoms with Crippen LogP contribution in [0.15, 0.2) is 0 Å². The van der Waals surface area contributed by atoms with Crippen molar-refractivity contribution in [2.45, 2.75) is 51.2 Å². The Morgan fingerprint density at radius 1 is 1.36 bits per heavy atom. The van der Waals surface area contributed by atoms with Crippen LogP contribution in [0.3, 0.4) is 0 Å². The second kappa shape index (κ2) is 2.96. The molecule has 1 unspecified atom stereocenters. The van der Waals surface area contributed by atoms with Crippen molar-refractivity contribution >= 4 is 5.97 Å². The largest absolute Gasteiger partial charge is 0.469 e. The summed E-state index contributed by atoms with van der Waals surface area (Å²) in [6.45, 7) is 4.14. The Labute approximate surface area is 84.8 Å². The Bertz CT molecular complexity index is 251. The Morgan fingerprint density at radius 3 is 2.36 bits per heavy atom. The number of carbonyl (C=O) groups excluding carboxylic acids is 1. The molecule has 0 radical (unpaired) electrons. The molecule has 3 fully saturated rings. The lowest BCUT2D eigenvalue weighted by Crippen LogP contribution is -2.57. The maximum atomic E-state index is 11.8. The van der Waals surface area contributed by atoms with Crippen molar-refractivity contribution in [1.29, 1.82) is 0 Å². The van der Waals surface area contributed by atoms with Gasteiger partial charge in [0.1, 0.15) is 0 Å². The smallest absolute Gasteiger partial charge is 0.314 e. The van der Waals surface area contributed by atoms with Crippen LogP contribution >= 0.6 is 0 Å². The summed E-state index contributed by atoms with van der Waals surface area (Å²) in [6.07, 6.45) is 3.79. The Balaban J connectivity index is 2.25. The summed E-state index contributed by atoms with van der Waals surface area (Å²) < 4.78 is 10.8. The Hall–Kier alpha value is -0.570. The van der Waals surface area contributed by atoms with Crippen LogP contribution < -0.4 is 0 Å². The van der Waals surface area contributed by atoms with Gasteiger partial charge in [-0.05, 0) is 39.5 Å². The van der Waals surface area contributed by atoms with Gasteiger partial charge in [-0.15, -0.1) is 0 Å². The van der Waals surface area contributed by atoms with Crippen molar-refractivity contribution in [1.82, 2.24) is 0 Å². The number of methoxy groups -OCH3 is 1. The zero-order valence-electron chi connectivity index (χ0n) is 9.13. The summed E-state index contributed by atoms with van der Waals surface area (Å²) in [5.74, 6) is -0.0910. The number of ether oxygens (including phenoxy) is 2. The average Bonchev–Trinajstić information content (AvgIpc) is 2.17. The first-order valence-electron chi connectivity index (χ1n) is 5.29. The van der Waals surface area contributed by atoms with Crippen molar-refractivity contribution in [2.75, 3.05) is 7.11 Å². The van der Waals surface area contributed by atoms with Gasteiger partial charge >= 0.3 is 5.97 Å². The van der Waals surface area contributed by atoms with Gasteiger partial charge in [-0.25, -0.2) is 0 Å². The monoisotopic (exact) mass is 198 g/mol. The molecule has 2 aliphatic heterocycles. The maximum absolute atomic E-state index is 11.8. The molecule has 1 aliphatic carbocycles. The first-order valence-corrected chi connectivity index (χ1v) is 5.29. The quantitative estimate of drug-likeness (QED) is 0.604. The third-order valence-electron chi connectivity index (χ3n) is 4.03. The number of hydrogen-bond acceptors (Lipinski definition) is 3. The van der Waals surface area contributed by atoms with E-state index in [1.54, 1.807) is 0 Å². The molecule has 3 aliphatic rings. The highest BCUT2D eigenvalue weighted by Gasteiger charge is 2.56. The van der Waals surface area contributed by atoms with Crippen molar-refractivity contribution in [2.24, 2.45) is 5.41 Å². The van der Waals surface area contributed by atoms with E-state index < -0.39 is 0 Å². The minimum absolute atomic E-state index is 0.00227. The van der Waals surface area contributed by atoms with Crippen molar-refractivity contribution in [3.63, 3.8) is 0 Å². The lowest BCUT2D eigenvalue weighted by molar-refractivity contribution is -0.228. The molecule has 0 aromatic heterocycles. The van der Waals surface area contributed by atoms with Gasteiger partial charge in [0.2, 0.25) is 0 Å². The summed E-state index contributed by atoms with van der Waals surface area (Å²) >= 11 is 0. The van der Waals surface area contributed by atoms with E-state index in [2.05, 4.69) is 6.92 Å². The topological polar surface area (TPSA) is 35.5 Å². The predicted molar refractivity (Wildman–Crippen MR) is 51.9 cm³/mol. The number of rotatable bonds is 1. The van der Waals surface area contributed by atoms with E-state index in [9.17, 15) is 4.79 Å². The molecular weight excluding hydrogens is 180 g/mol. The van der Waals surface area contributed by atoms with E-state index in [0.29, 0.717) is 0 Å². The molecule has 0 N–H and O–H groups in total. The highest BCUT2D eigenvalue weighted by molar-refractivity contribution is 5.78. The van der Waals surface area contributed by atoms with Gasteiger partial charge < -0.3 is 9.47 Å². The van der Waals surface area contributed by atoms with E-state index in [4.69, 9.17) is 9.47 Å². The molecule has 2 bridgehead atoms. The molecular formula is C11H18O3. The second-order valence-electron chi connectivity index (χ2n) is 4.86. The number of esters is 1. The normalized spacial score (nSPS) is 46.4. The van der Waals surface area contributed by atoms with Crippen LogP contribution in [0, 0.1) is 5.41 Å². The maximum Gasteiger partial charge on any atom is 0.314 e. The van der Waals surface area contributed by atoms with Gasteiger partial charge in [-0.1, -0.05) is 0 Å². The summed E-state index contributed by atoms with van der Waals surface area (Å²) in [5, 5.41) is 0. The molecule has 80 valence electrons. The van der Waals surface area contributed by atoms with Gasteiger partial charge in [0, 0.05) is 0 Å². The fourth-order valence-electron chi connectivity index (χ4n) is 2.86. The summed E-state index contributed by atoms with van der Waals surface area (Å²) in [5.41, 5.74) is -0.346. The first kappa shape index (κ1) is 9.97. The van der Waals surface area contributed by atoms with Crippen LogP contribution in [0.25, 0.3) is 0 Å². The van der Waals surface area contributed by atoms with Gasteiger partial charge in [0.25, 0.3) is 0 Å². The third kappa shape index (κ3) is 1.18. The molecule has 1 saturated carbocycles. The van der Waals surface area contributed by atoms with Crippen molar-refractivity contribution in [3.05, 3.63) is 0 Å². The first-order chi connectivity index (χ1) is 6.52. The van der Waals surface area contributed by atoms with Crippen LogP contribution in [-0.2, 0) is 14.3 Å². The summed E-state index contributed by atoms with van der Waals surface area (Å²) in [7, 11) is 1.46. The van der Waals surface area contributed by atoms with Crippen LogP contribution in [-0.4, -0.2) is 24.8 Å². The van der Waals surface area contributed by atoms with Crippen LogP contribution in [0.1, 0.15) is 39.5 Å². The third-order valence-corrected chi connectivity index (χ3v) is 4.03. The van der Waals surface area contributed by atoms with Gasteiger partial charge in [0.15, 0.2) is 0 Å². The van der Waals surface area contributed by atoms with Crippen LogP contribution in [0.4, 0.5) is 0 Å². The second-order valence-corrected chi connectivity index (χ2v) is 4.86. The highest BCUT2D eigenvalue weighted by atomic mass is 16.5.